The highest BCUT2D eigenvalue weighted by Gasteiger charge is 2.27. The van der Waals surface area contributed by atoms with Crippen LogP contribution in [0.2, 0.25) is 0 Å². The Balaban J connectivity index is 1.60. The van der Waals surface area contributed by atoms with Crippen molar-refractivity contribution < 1.29 is 4.79 Å². The molecule has 1 aliphatic carbocycles. The first-order valence-corrected chi connectivity index (χ1v) is 7.15. The molecule has 17 heavy (non-hydrogen) atoms. The maximum Gasteiger partial charge on any atom is 0.220 e. The normalized spacial score (nSPS) is 24.1. The van der Waals surface area contributed by atoms with Crippen LogP contribution in [0.1, 0.15) is 51.9 Å². The molecule has 2 aliphatic rings. The molecule has 3 nitrogen and oxygen atoms in total. The maximum atomic E-state index is 11.7. The van der Waals surface area contributed by atoms with Crippen LogP contribution in [0.5, 0.6) is 0 Å². The summed E-state index contributed by atoms with van der Waals surface area (Å²) in [7, 11) is 0. The van der Waals surface area contributed by atoms with Gasteiger partial charge in [0.25, 0.3) is 0 Å². The zero-order chi connectivity index (χ0) is 12.1. The predicted molar refractivity (Wildman–Crippen MR) is 69.8 cm³/mol. The molecule has 1 aliphatic heterocycles. The monoisotopic (exact) mass is 238 g/mol. The molecule has 0 unspecified atom stereocenters. The summed E-state index contributed by atoms with van der Waals surface area (Å²) in [6.07, 6.45) is 8.25. The second-order valence-corrected chi connectivity index (χ2v) is 6.17. The zero-order valence-corrected chi connectivity index (χ0v) is 11.1. The standard InChI is InChI=1S/C14H26N2O/c1-14(7-9-15-10-8-14)11-16-13(17)6-5-12-3-2-4-12/h12,15H,2-11H2,1H3,(H,16,17). The average molecular weight is 238 g/mol. The molecule has 0 aromatic carbocycles. The maximum absolute atomic E-state index is 11.7. The summed E-state index contributed by atoms with van der Waals surface area (Å²) in [4.78, 5) is 11.7. The van der Waals surface area contributed by atoms with Crippen molar-refractivity contribution >= 4 is 5.91 Å². The summed E-state index contributed by atoms with van der Waals surface area (Å²) in [6, 6.07) is 0. The van der Waals surface area contributed by atoms with Gasteiger partial charge in [0, 0.05) is 13.0 Å². The van der Waals surface area contributed by atoms with Crippen LogP contribution >= 0.6 is 0 Å². The van der Waals surface area contributed by atoms with Crippen molar-refractivity contribution in [1.29, 1.82) is 0 Å². The Morgan fingerprint density at radius 1 is 1.35 bits per heavy atom. The highest BCUT2D eigenvalue weighted by Crippen LogP contribution is 2.30. The van der Waals surface area contributed by atoms with Crippen molar-refractivity contribution in [2.45, 2.75) is 51.9 Å². The van der Waals surface area contributed by atoms with Crippen molar-refractivity contribution in [3.8, 4) is 0 Å². The molecule has 1 saturated carbocycles. The molecular formula is C14H26N2O. The highest BCUT2D eigenvalue weighted by molar-refractivity contribution is 5.75. The van der Waals surface area contributed by atoms with E-state index in [0.29, 0.717) is 5.41 Å². The van der Waals surface area contributed by atoms with E-state index in [4.69, 9.17) is 0 Å². The molecule has 1 saturated heterocycles. The third-order valence-electron chi connectivity index (χ3n) is 4.53. The van der Waals surface area contributed by atoms with Crippen molar-refractivity contribution in [1.82, 2.24) is 10.6 Å². The van der Waals surface area contributed by atoms with Gasteiger partial charge in [-0.25, -0.2) is 0 Å². The number of nitrogens with one attached hydrogen (secondary N) is 2. The number of piperidine rings is 1. The van der Waals surface area contributed by atoms with E-state index in [9.17, 15) is 4.79 Å². The Labute approximate surface area is 105 Å². The van der Waals surface area contributed by atoms with Gasteiger partial charge < -0.3 is 10.6 Å². The molecular weight excluding hydrogens is 212 g/mol. The van der Waals surface area contributed by atoms with Crippen LogP contribution < -0.4 is 10.6 Å². The third-order valence-corrected chi connectivity index (χ3v) is 4.53. The van der Waals surface area contributed by atoms with E-state index in [0.717, 1.165) is 38.4 Å². The summed E-state index contributed by atoms with van der Waals surface area (Å²) in [5, 5.41) is 6.50. The second-order valence-electron chi connectivity index (χ2n) is 6.17. The van der Waals surface area contributed by atoms with E-state index in [-0.39, 0.29) is 5.91 Å². The fourth-order valence-corrected chi connectivity index (χ4v) is 2.72. The van der Waals surface area contributed by atoms with Gasteiger partial charge in [0.15, 0.2) is 0 Å². The first kappa shape index (κ1) is 12.9. The number of carbonyl (C=O) groups excluding carboxylic acids is 1. The van der Waals surface area contributed by atoms with Crippen LogP contribution in [0.4, 0.5) is 0 Å². The van der Waals surface area contributed by atoms with Crippen LogP contribution in [0.15, 0.2) is 0 Å². The van der Waals surface area contributed by atoms with Crippen LogP contribution in [-0.2, 0) is 4.79 Å². The SMILES string of the molecule is CC1(CNC(=O)CCC2CCC2)CCNCC1. The lowest BCUT2D eigenvalue weighted by Crippen LogP contribution is -2.42. The fraction of sp³-hybridized carbons (Fsp3) is 0.929. The Bertz CT molecular complexity index is 255. The van der Waals surface area contributed by atoms with Crippen molar-refractivity contribution in [2.75, 3.05) is 19.6 Å². The molecule has 0 aromatic heterocycles. The number of rotatable bonds is 5. The first-order valence-electron chi connectivity index (χ1n) is 7.15. The second kappa shape index (κ2) is 5.85. The molecule has 2 fully saturated rings. The molecule has 0 aromatic rings. The lowest BCUT2D eigenvalue weighted by molar-refractivity contribution is -0.122. The van der Waals surface area contributed by atoms with Crippen LogP contribution in [-0.4, -0.2) is 25.5 Å². The topological polar surface area (TPSA) is 41.1 Å². The van der Waals surface area contributed by atoms with Gasteiger partial charge >= 0.3 is 0 Å². The quantitative estimate of drug-likeness (QED) is 0.770. The number of amides is 1. The number of hydrogen-bond acceptors (Lipinski definition) is 2. The van der Waals surface area contributed by atoms with Gasteiger partial charge in [0.1, 0.15) is 0 Å². The summed E-state index contributed by atoms with van der Waals surface area (Å²) >= 11 is 0. The van der Waals surface area contributed by atoms with E-state index >= 15 is 0 Å². The lowest BCUT2D eigenvalue weighted by atomic mass is 9.80. The average Bonchev–Trinajstić information content (AvgIpc) is 2.26. The van der Waals surface area contributed by atoms with Crippen LogP contribution in [0.25, 0.3) is 0 Å². The minimum Gasteiger partial charge on any atom is -0.356 e. The van der Waals surface area contributed by atoms with Crippen molar-refractivity contribution in [3.05, 3.63) is 0 Å². The highest BCUT2D eigenvalue weighted by atomic mass is 16.1. The van der Waals surface area contributed by atoms with E-state index in [2.05, 4.69) is 17.6 Å². The van der Waals surface area contributed by atoms with E-state index in [1.54, 1.807) is 0 Å². The van der Waals surface area contributed by atoms with Crippen molar-refractivity contribution in [2.24, 2.45) is 11.3 Å². The molecule has 98 valence electrons. The molecule has 0 spiro atoms. The molecule has 1 heterocycles. The smallest absolute Gasteiger partial charge is 0.220 e. The molecule has 3 heteroatoms. The Morgan fingerprint density at radius 2 is 2.06 bits per heavy atom. The predicted octanol–water partition coefficient (Wildman–Crippen LogP) is 2.07. The van der Waals surface area contributed by atoms with Gasteiger partial charge in [0.05, 0.1) is 0 Å². The lowest BCUT2D eigenvalue weighted by Gasteiger charge is -2.34. The van der Waals surface area contributed by atoms with Gasteiger partial charge in [-0.05, 0) is 43.7 Å². The van der Waals surface area contributed by atoms with Gasteiger partial charge in [-0.2, -0.15) is 0 Å². The molecule has 1 amide bonds. The largest absolute Gasteiger partial charge is 0.356 e. The summed E-state index contributed by atoms with van der Waals surface area (Å²) in [5.41, 5.74) is 0.317. The molecule has 0 radical (unpaired) electrons. The van der Waals surface area contributed by atoms with Gasteiger partial charge in [-0.1, -0.05) is 26.2 Å². The zero-order valence-electron chi connectivity index (χ0n) is 11.1. The molecule has 2 N–H and O–H groups in total. The fourth-order valence-electron chi connectivity index (χ4n) is 2.72. The van der Waals surface area contributed by atoms with Crippen LogP contribution in [0.3, 0.4) is 0 Å². The Kier molecular flexibility index (Phi) is 4.43. The van der Waals surface area contributed by atoms with Crippen LogP contribution in [0, 0.1) is 11.3 Å². The van der Waals surface area contributed by atoms with Crippen molar-refractivity contribution in [3.63, 3.8) is 0 Å². The Morgan fingerprint density at radius 3 is 2.65 bits per heavy atom. The summed E-state index contributed by atoms with van der Waals surface area (Å²) < 4.78 is 0. The van der Waals surface area contributed by atoms with Gasteiger partial charge in [-0.3, -0.25) is 4.79 Å². The molecule has 0 bridgehead atoms. The molecule has 0 atom stereocenters. The van der Waals surface area contributed by atoms with Gasteiger partial charge in [0.2, 0.25) is 5.91 Å². The minimum atomic E-state index is 0.261. The number of hydrogen-bond donors (Lipinski definition) is 2. The summed E-state index contributed by atoms with van der Waals surface area (Å²) in [6.45, 7) is 5.33. The van der Waals surface area contributed by atoms with E-state index < -0.39 is 0 Å². The van der Waals surface area contributed by atoms with E-state index in [1.807, 2.05) is 0 Å². The third kappa shape index (κ3) is 3.98. The summed E-state index contributed by atoms with van der Waals surface area (Å²) in [5.74, 6) is 1.10. The van der Waals surface area contributed by atoms with E-state index in [1.165, 1.54) is 32.1 Å². The number of carbonyl (C=O) groups is 1. The Hall–Kier alpha value is -0.570. The minimum absolute atomic E-state index is 0.261. The van der Waals surface area contributed by atoms with Gasteiger partial charge in [-0.15, -0.1) is 0 Å². The first-order chi connectivity index (χ1) is 8.18. The molecule has 2 rings (SSSR count).